The van der Waals surface area contributed by atoms with Gasteiger partial charge >= 0.3 is 0 Å². The number of amides is 1. The first kappa shape index (κ1) is 15.3. The molecule has 0 aliphatic heterocycles. The number of primary amides is 1. The van der Waals surface area contributed by atoms with Gasteiger partial charge in [0.15, 0.2) is 0 Å². The largest absolute Gasteiger partial charge is 0.488 e. The van der Waals surface area contributed by atoms with E-state index in [9.17, 15) is 9.59 Å². The molecule has 0 aromatic heterocycles. The maximum absolute atomic E-state index is 11.4. The number of carbonyl (C=O) groups is 2. The van der Waals surface area contributed by atoms with Crippen molar-refractivity contribution in [2.24, 2.45) is 5.73 Å². The number of hydrogen-bond acceptors (Lipinski definition) is 3. The van der Waals surface area contributed by atoms with E-state index in [0.29, 0.717) is 17.9 Å². The molecule has 0 aliphatic rings. The SMILES string of the molecule is NC(=O)CC(=O)C#Cc1ccccc1OCc1ccccc1. The maximum Gasteiger partial charge on any atom is 0.225 e. The van der Waals surface area contributed by atoms with E-state index in [-0.39, 0.29) is 6.42 Å². The summed E-state index contributed by atoms with van der Waals surface area (Å²) >= 11 is 0. The molecule has 2 aromatic rings. The first-order valence-electron chi connectivity index (χ1n) is 6.74. The first-order chi connectivity index (χ1) is 10.6. The van der Waals surface area contributed by atoms with Crippen LogP contribution in [0.15, 0.2) is 54.6 Å². The van der Waals surface area contributed by atoms with Gasteiger partial charge in [-0.05, 0) is 23.6 Å². The summed E-state index contributed by atoms with van der Waals surface area (Å²) in [6, 6.07) is 16.9. The zero-order valence-corrected chi connectivity index (χ0v) is 11.9. The highest BCUT2D eigenvalue weighted by Crippen LogP contribution is 2.18. The van der Waals surface area contributed by atoms with Crippen molar-refractivity contribution in [3.8, 4) is 17.6 Å². The van der Waals surface area contributed by atoms with E-state index in [1.165, 1.54) is 0 Å². The molecule has 0 atom stereocenters. The number of Topliss-reactive ketones (excluding diaryl/α,β-unsaturated/α-hetero) is 1. The monoisotopic (exact) mass is 293 g/mol. The molecule has 0 saturated carbocycles. The predicted octanol–water partition coefficient (Wildman–Crippen LogP) is 2.06. The van der Waals surface area contributed by atoms with Gasteiger partial charge in [-0.3, -0.25) is 9.59 Å². The van der Waals surface area contributed by atoms with Crippen molar-refractivity contribution in [1.29, 1.82) is 0 Å². The minimum Gasteiger partial charge on any atom is -0.488 e. The van der Waals surface area contributed by atoms with Crippen molar-refractivity contribution in [2.75, 3.05) is 0 Å². The third kappa shape index (κ3) is 4.80. The Labute approximate surface area is 128 Å². The van der Waals surface area contributed by atoms with Gasteiger partial charge in [-0.25, -0.2) is 0 Å². The summed E-state index contributed by atoms with van der Waals surface area (Å²) in [5, 5.41) is 0. The lowest BCUT2D eigenvalue weighted by molar-refractivity contribution is -0.123. The van der Waals surface area contributed by atoms with Crippen molar-refractivity contribution in [1.82, 2.24) is 0 Å². The van der Waals surface area contributed by atoms with Gasteiger partial charge in [-0.1, -0.05) is 48.4 Å². The maximum atomic E-state index is 11.4. The van der Waals surface area contributed by atoms with E-state index in [1.807, 2.05) is 36.4 Å². The molecule has 2 aromatic carbocycles. The fourth-order valence-electron chi connectivity index (χ4n) is 1.77. The Balaban J connectivity index is 2.08. The number of ether oxygens (including phenoxy) is 1. The molecule has 4 heteroatoms. The molecule has 2 N–H and O–H groups in total. The number of nitrogens with two attached hydrogens (primary N) is 1. The molecule has 1 amide bonds. The van der Waals surface area contributed by atoms with Crippen LogP contribution in [0.1, 0.15) is 17.5 Å². The smallest absolute Gasteiger partial charge is 0.225 e. The molecule has 0 spiro atoms. The summed E-state index contributed by atoms with van der Waals surface area (Å²) in [7, 11) is 0. The van der Waals surface area contributed by atoms with Crippen LogP contribution in [0.3, 0.4) is 0 Å². The second-order valence-corrected chi connectivity index (χ2v) is 4.59. The number of ketones is 1. The van der Waals surface area contributed by atoms with Crippen LogP contribution in [-0.4, -0.2) is 11.7 Å². The van der Waals surface area contributed by atoms with E-state index < -0.39 is 11.7 Å². The molecule has 2 rings (SSSR count). The van der Waals surface area contributed by atoms with Gasteiger partial charge in [-0.2, -0.15) is 0 Å². The van der Waals surface area contributed by atoms with Crippen molar-refractivity contribution >= 4 is 11.7 Å². The lowest BCUT2D eigenvalue weighted by Crippen LogP contribution is -2.14. The topological polar surface area (TPSA) is 69.4 Å². The van der Waals surface area contributed by atoms with E-state index in [1.54, 1.807) is 18.2 Å². The Morgan fingerprint density at radius 2 is 1.68 bits per heavy atom. The Hall–Kier alpha value is -3.06. The zero-order chi connectivity index (χ0) is 15.8. The molecule has 110 valence electrons. The number of benzene rings is 2. The minimum atomic E-state index is -0.687. The molecule has 0 saturated heterocycles. The van der Waals surface area contributed by atoms with Gasteiger partial charge in [0.25, 0.3) is 0 Å². The van der Waals surface area contributed by atoms with Crippen LogP contribution in [0.4, 0.5) is 0 Å². The highest BCUT2D eigenvalue weighted by molar-refractivity contribution is 6.07. The third-order valence-corrected chi connectivity index (χ3v) is 2.80. The average Bonchev–Trinajstić information content (AvgIpc) is 2.52. The summed E-state index contributed by atoms with van der Waals surface area (Å²) in [5.74, 6) is 4.51. The molecule has 0 fully saturated rings. The standard InChI is InChI=1S/C18H15NO3/c19-18(21)12-16(20)11-10-15-8-4-5-9-17(15)22-13-14-6-2-1-3-7-14/h1-9H,12-13H2,(H2,19,21). The molecule has 0 heterocycles. The van der Waals surface area contributed by atoms with Crippen LogP contribution in [0.5, 0.6) is 5.75 Å². The number of rotatable bonds is 5. The van der Waals surface area contributed by atoms with Crippen LogP contribution in [-0.2, 0) is 16.2 Å². The van der Waals surface area contributed by atoms with E-state index in [0.717, 1.165) is 5.56 Å². The molecule has 0 radical (unpaired) electrons. The predicted molar refractivity (Wildman–Crippen MR) is 82.9 cm³/mol. The summed E-state index contributed by atoms with van der Waals surface area (Å²) < 4.78 is 5.73. The van der Waals surface area contributed by atoms with Gasteiger partial charge in [0.2, 0.25) is 11.7 Å². The van der Waals surface area contributed by atoms with Gasteiger partial charge < -0.3 is 10.5 Å². The molecule has 4 nitrogen and oxygen atoms in total. The molecular weight excluding hydrogens is 278 g/mol. The molecule has 0 aliphatic carbocycles. The van der Waals surface area contributed by atoms with Crippen LogP contribution >= 0.6 is 0 Å². The number of carbonyl (C=O) groups excluding carboxylic acids is 2. The lowest BCUT2D eigenvalue weighted by Gasteiger charge is -2.08. The van der Waals surface area contributed by atoms with Crippen LogP contribution in [0.25, 0.3) is 0 Å². The van der Waals surface area contributed by atoms with Gasteiger partial charge in [0.05, 0.1) is 12.0 Å². The van der Waals surface area contributed by atoms with Crippen LogP contribution in [0, 0.1) is 11.8 Å². The Kier molecular flexibility index (Phi) is 5.33. The fraction of sp³-hybridized carbons (Fsp3) is 0.111. The molecule has 0 unspecified atom stereocenters. The van der Waals surface area contributed by atoms with Gasteiger partial charge in [0.1, 0.15) is 12.4 Å². The Bertz CT molecular complexity index is 727. The van der Waals surface area contributed by atoms with Crippen molar-refractivity contribution < 1.29 is 14.3 Å². The summed E-state index contributed by atoms with van der Waals surface area (Å²) in [5.41, 5.74) is 6.58. The van der Waals surface area contributed by atoms with Crippen LogP contribution in [0.2, 0.25) is 0 Å². The second kappa shape index (κ2) is 7.65. The Morgan fingerprint density at radius 1 is 1.00 bits per heavy atom. The van der Waals surface area contributed by atoms with Crippen molar-refractivity contribution in [2.45, 2.75) is 13.0 Å². The number of hydrogen-bond donors (Lipinski definition) is 1. The Morgan fingerprint density at radius 3 is 2.41 bits per heavy atom. The highest BCUT2D eigenvalue weighted by atomic mass is 16.5. The molecule has 0 bridgehead atoms. The summed E-state index contributed by atoms with van der Waals surface area (Å²) in [6.07, 6.45) is -0.375. The molecule has 22 heavy (non-hydrogen) atoms. The molecular formula is C18H15NO3. The number of para-hydroxylation sites is 1. The first-order valence-corrected chi connectivity index (χ1v) is 6.74. The lowest BCUT2D eigenvalue weighted by atomic mass is 10.2. The van der Waals surface area contributed by atoms with Crippen molar-refractivity contribution in [3.63, 3.8) is 0 Å². The normalized spacial score (nSPS) is 9.45. The summed E-state index contributed by atoms with van der Waals surface area (Å²) in [4.78, 5) is 22.1. The fourth-order valence-corrected chi connectivity index (χ4v) is 1.77. The average molecular weight is 293 g/mol. The van der Waals surface area contributed by atoms with Crippen LogP contribution < -0.4 is 10.5 Å². The van der Waals surface area contributed by atoms with E-state index >= 15 is 0 Å². The van der Waals surface area contributed by atoms with E-state index in [4.69, 9.17) is 10.5 Å². The second-order valence-electron chi connectivity index (χ2n) is 4.59. The third-order valence-electron chi connectivity index (χ3n) is 2.80. The van der Waals surface area contributed by atoms with Gasteiger partial charge in [-0.15, -0.1) is 0 Å². The van der Waals surface area contributed by atoms with E-state index in [2.05, 4.69) is 11.8 Å². The summed E-state index contributed by atoms with van der Waals surface area (Å²) in [6.45, 7) is 0.411. The minimum absolute atomic E-state index is 0.375. The highest BCUT2D eigenvalue weighted by Gasteiger charge is 2.04. The van der Waals surface area contributed by atoms with Crippen molar-refractivity contribution in [3.05, 3.63) is 65.7 Å². The van der Waals surface area contributed by atoms with Gasteiger partial charge in [0, 0.05) is 0 Å². The zero-order valence-electron chi connectivity index (χ0n) is 11.9. The quantitative estimate of drug-likeness (QED) is 0.677.